The zero-order chi connectivity index (χ0) is 11.3. The lowest BCUT2D eigenvalue weighted by atomic mass is 10.3. The lowest BCUT2D eigenvalue weighted by Crippen LogP contribution is -2.15. The third-order valence-corrected chi connectivity index (χ3v) is 3.00. The molecule has 0 saturated carbocycles. The van der Waals surface area contributed by atoms with E-state index in [9.17, 15) is 0 Å². The Bertz CT molecular complexity index is 315. The Morgan fingerprint density at radius 3 is 2.87 bits per heavy atom. The molecule has 0 unspecified atom stereocenters. The summed E-state index contributed by atoms with van der Waals surface area (Å²) in [5, 5.41) is 0. The largest absolute Gasteiger partial charge is 0.477 e. The Hall–Kier alpha value is -0.610. The molecular weight excluding hydrogens is 256 g/mol. The van der Waals surface area contributed by atoms with E-state index in [-0.39, 0.29) is 0 Å². The Labute approximate surface area is 99.6 Å². The lowest BCUT2D eigenvalue weighted by molar-refractivity contribution is 0.271. The van der Waals surface area contributed by atoms with Gasteiger partial charge in [-0.15, -0.1) is 0 Å². The Morgan fingerprint density at radius 2 is 2.20 bits per heavy atom. The number of halogens is 1. The number of hydrogen-bond acceptors (Lipinski definition) is 3. The van der Waals surface area contributed by atoms with Crippen LogP contribution in [0.2, 0.25) is 0 Å². The molecule has 1 aromatic heterocycles. The average molecular weight is 273 g/mol. The van der Waals surface area contributed by atoms with Gasteiger partial charge in [0.05, 0.1) is 11.1 Å². The van der Waals surface area contributed by atoms with Gasteiger partial charge < -0.3 is 9.64 Å². The van der Waals surface area contributed by atoms with E-state index in [0.29, 0.717) is 12.5 Å². The molecule has 0 N–H and O–H groups in total. The van der Waals surface area contributed by atoms with Gasteiger partial charge in [-0.2, -0.15) is 0 Å². The van der Waals surface area contributed by atoms with E-state index in [4.69, 9.17) is 4.74 Å². The highest BCUT2D eigenvalue weighted by molar-refractivity contribution is 9.10. The molecule has 0 bridgehead atoms. The van der Waals surface area contributed by atoms with E-state index >= 15 is 0 Å². The first-order valence-electron chi connectivity index (χ1n) is 5.00. The maximum atomic E-state index is 5.58. The van der Waals surface area contributed by atoms with E-state index in [0.717, 1.165) is 23.0 Å². The van der Waals surface area contributed by atoms with Gasteiger partial charge in [0.1, 0.15) is 0 Å². The normalized spacial score (nSPS) is 10.7. The second-order valence-corrected chi connectivity index (χ2v) is 4.55. The fraction of sp³-hybridized carbons (Fsp3) is 0.545. The van der Waals surface area contributed by atoms with Gasteiger partial charge in [0, 0.05) is 12.7 Å². The monoisotopic (exact) mass is 272 g/mol. The molecule has 0 radical (unpaired) electrons. The lowest BCUT2D eigenvalue weighted by Gasteiger charge is -2.11. The van der Waals surface area contributed by atoms with Gasteiger partial charge in [-0.3, -0.25) is 0 Å². The second-order valence-electron chi connectivity index (χ2n) is 3.75. The first kappa shape index (κ1) is 12.5. The quantitative estimate of drug-likeness (QED) is 0.771. The van der Waals surface area contributed by atoms with Gasteiger partial charge in [0.2, 0.25) is 5.88 Å². The number of nitrogens with zero attached hydrogens (tertiary/aromatic N) is 2. The molecule has 1 aromatic rings. The zero-order valence-corrected chi connectivity index (χ0v) is 11.0. The van der Waals surface area contributed by atoms with Crippen molar-refractivity contribution in [2.45, 2.75) is 13.3 Å². The summed E-state index contributed by atoms with van der Waals surface area (Å²) >= 11 is 3.46. The van der Waals surface area contributed by atoms with Crippen molar-refractivity contribution in [3.63, 3.8) is 0 Å². The SMILES string of the molecule is Cc1ccnc(OCCCN(C)C)c1Br. The van der Waals surface area contributed by atoms with Crippen LogP contribution >= 0.6 is 15.9 Å². The minimum absolute atomic E-state index is 0.689. The van der Waals surface area contributed by atoms with Gasteiger partial charge in [-0.1, -0.05) is 0 Å². The predicted octanol–water partition coefficient (Wildman–Crippen LogP) is 2.48. The van der Waals surface area contributed by atoms with E-state index < -0.39 is 0 Å². The van der Waals surface area contributed by atoms with Crippen LogP contribution in [0.5, 0.6) is 5.88 Å². The smallest absolute Gasteiger partial charge is 0.228 e. The summed E-state index contributed by atoms with van der Waals surface area (Å²) < 4.78 is 6.54. The van der Waals surface area contributed by atoms with Gasteiger partial charge >= 0.3 is 0 Å². The highest BCUT2D eigenvalue weighted by Gasteiger charge is 2.04. The molecule has 15 heavy (non-hydrogen) atoms. The van der Waals surface area contributed by atoms with Crippen LogP contribution in [0.15, 0.2) is 16.7 Å². The topological polar surface area (TPSA) is 25.4 Å². The third kappa shape index (κ3) is 4.18. The average Bonchev–Trinajstić information content (AvgIpc) is 2.18. The van der Waals surface area contributed by atoms with Crippen molar-refractivity contribution in [1.29, 1.82) is 0 Å². The highest BCUT2D eigenvalue weighted by Crippen LogP contribution is 2.25. The van der Waals surface area contributed by atoms with Crippen LogP contribution in [0.4, 0.5) is 0 Å². The van der Waals surface area contributed by atoms with Crippen LogP contribution in [0.3, 0.4) is 0 Å². The Morgan fingerprint density at radius 1 is 1.47 bits per heavy atom. The van der Waals surface area contributed by atoms with E-state index in [1.807, 2.05) is 13.0 Å². The van der Waals surface area contributed by atoms with Gasteiger partial charge in [0.15, 0.2) is 0 Å². The summed E-state index contributed by atoms with van der Waals surface area (Å²) in [5.74, 6) is 0.689. The van der Waals surface area contributed by atoms with Gasteiger partial charge in [-0.25, -0.2) is 4.98 Å². The maximum Gasteiger partial charge on any atom is 0.228 e. The van der Waals surface area contributed by atoms with E-state index in [1.165, 1.54) is 0 Å². The Balaban J connectivity index is 2.41. The predicted molar refractivity (Wildman–Crippen MR) is 65.3 cm³/mol. The molecule has 0 spiro atoms. The fourth-order valence-corrected chi connectivity index (χ4v) is 1.51. The van der Waals surface area contributed by atoms with Gasteiger partial charge in [-0.05, 0) is 55.0 Å². The second kappa shape index (κ2) is 6.08. The molecule has 3 nitrogen and oxygen atoms in total. The van der Waals surface area contributed by atoms with Crippen LogP contribution in [-0.4, -0.2) is 37.1 Å². The molecule has 4 heteroatoms. The van der Waals surface area contributed by atoms with Gasteiger partial charge in [0.25, 0.3) is 0 Å². The molecule has 84 valence electrons. The van der Waals surface area contributed by atoms with E-state index in [1.54, 1.807) is 6.20 Å². The molecule has 0 fully saturated rings. The number of rotatable bonds is 5. The molecule has 0 aliphatic carbocycles. The number of ether oxygens (including phenoxy) is 1. The minimum atomic E-state index is 0.689. The first-order chi connectivity index (χ1) is 7.11. The van der Waals surface area contributed by atoms with Crippen LogP contribution < -0.4 is 4.74 Å². The molecular formula is C11H17BrN2O. The van der Waals surface area contributed by atoms with Crippen LogP contribution in [0, 0.1) is 6.92 Å². The molecule has 0 saturated heterocycles. The Kier molecular flexibility index (Phi) is 5.05. The van der Waals surface area contributed by atoms with Crippen LogP contribution in [0.1, 0.15) is 12.0 Å². The summed E-state index contributed by atoms with van der Waals surface area (Å²) in [4.78, 5) is 6.31. The molecule has 0 aromatic carbocycles. The number of hydrogen-bond donors (Lipinski definition) is 0. The molecule has 0 atom stereocenters. The molecule has 0 aliphatic rings. The standard InChI is InChI=1S/C11H17BrN2O/c1-9-5-6-13-11(10(9)12)15-8-4-7-14(2)3/h5-6H,4,7-8H2,1-3H3. The van der Waals surface area contributed by atoms with Crippen molar-refractivity contribution < 1.29 is 4.74 Å². The van der Waals surface area contributed by atoms with Crippen molar-refractivity contribution in [2.24, 2.45) is 0 Å². The fourth-order valence-electron chi connectivity index (χ4n) is 1.17. The highest BCUT2D eigenvalue weighted by atomic mass is 79.9. The number of pyridine rings is 1. The van der Waals surface area contributed by atoms with Crippen molar-refractivity contribution in [3.8, 4) is 5.88 Å². The van der Waals surface area contributed by atoms with Crippen molar-refractivity contribution >= 4 is 15.9 Å². The molecule has 0 aliphatic heterocycles. The zero-order valence-electron chi connectivity index (χ0n) is 9.46. The number of aromatic nitrogens is 1. The minimum Gasteiger partial charge on any atom is -0.477 e. The number of aryl methyl sites for hydroxylation is 1. The van der Waals surface area contributed by atoms with Crippen molar-refractivity contribution in [2.75, 3.05) is 27.2 Å². The maximum absolute atomic E-state index is 5.58. The van der Waals surface area contributed by atoms with Crippen LogP contribution in [0.25, 0.3) is 0 Å². The summed E-state index contributed by atoms with van der Waals surface area (Å²) in [5.41, 5.74) is 1.15. The molecule has 0 amide bonds. The van der Waals surface area contributed by atoms with Crippen LogP contribution in [-0.2, 0) is 0 Å². The summed E-state index contributed by atoms with van der Waals surface area (Å²) in [6, 6.07) is 1.96. The summed E-state index contributed by atoms with van der Waals surface area (Å²) in [6.07, 6.45) is 2.77. The third-order valence-electron chi connectivity index (χ3n) is 2.04. The summed E-state index contributed by atoms with van der Waals surface area (Å²) in [7, 11) is 4.11. The first-order valence-corrected chi connectivity index (χ1v) is 5.79. The van der Waals surface area contributed by atoms with E-state index in [2.05, 4.69) is 39.9 Å². The summed E-state index contributed by atoms with van der Waals surface area (Å²) in [6.45, 7) is 3.76. The molecule has 1 heterocycles. The molecule has 1 rings (SSSR count). The van der Waals surface area contributed by atoms with Crippen molar-refractivity contribution in [1.82, 2.24) is 9.88 Å². The van der Waals surface area contributed by atoms with Crippen molar-refractivity contribution in [3.05, 3.63) is 22.3 Å².